The molecule has 1 saturated heterocycles. The van der Waals surface area contributed by atoms with Gasteiger partial charge in [-0.15, -0.1) is 10.2 Å². The maximum atomic E-state index is 12.4. The number of amides is 1. The van der Waals surface area contributed by atoms with Crippen molar-refractivity contribution < 1.29 is 9.21 Å². The van der Waals surface area contributed by atoms with Crippen LogP contribution in [0.4, 0.5) is 0 Å². The molecule has 25 heavy (non-hydrogen) atoms. The van der Waals surface area contributed by atoms with Crippen molar-refractivity contribution in [3.05, 3.63) is 47.7 Å². The summed E-state index contributed by atoms with van der Waals surface area (Å²) in [5.41, 5.74) is 1.21. The minimum atomic E-state index is 0.239. The van der Waals surface area contributed by atoms with Gasteiger partial charge in [0.1, 0.15) is 0 Å². The Labute approximate surface area is 148 Å². The lowest BCUT2D eigenvalue weighted by Crippen LogP contribution is -2.48. The molecule has 1 aromatic carbocycles. The third-order valence-electron chi connectivity index (χ3n) is 4.53. The number of piperazine rings is 1. The smallest absolute Gasteiger partial charge is 0.230 e. The van der Waals surface area contributed by atoms with Crippen LogP contribution >= 0.6 is 0 Å². The quantitative estimate of drug-likeness (QED) is 0.807. The van der Waals surface area contributed by atoms with Gasteiger partial charge in [-0.25, -0.2) is 0 Å². The van der Waals surface area contributed by atoms with Gasteiger partial charge in [0.25, 0.3) is 0 Å². The molecule has 3 rings (SSSR count). The summed E-state index contributed by atoms with van der Waals surface area (Å²) < 4.78 is 5.67. The van der Waals surface area contributed by atoms with Crippen LogP contribution < -0.4 is 0 Å². The molecule has 0 aliphatic carbocycles. The molecule has 1 amide bonds. The number of hydrogen-bond acceptors (Lipinski definition) is 5. The van der Waals surface area contributed by atoms with Crippen molar-refractivity contribution in [2.75, 3.05) is 26.2 Å². The number of nitrogens with zero attached hydrogens (tertiary/aromatic N) is 4. The van der Waals surface area contributed by atoms with Crippen molar-refractivity contribution in [3.63, 3.8) is 0 Å². The molecule has 0 atom stereocenters. The zero-order chi connectivity index (χ0) is 17.6. The van der Waals surface area contributed by atoms with Gasteiger partial charge in [-0.3, -0.25) is 9.69 Å². The van der Waals surface area contributed by atoms with Crippen LogP contribution in [-0.2, 0) is 17.8 Å². The first kappa shape index (κ1) is 17.6. The molecule has 2 heterocycles. The molecule has 1 aliphatic heterocycles. The number of benzene rings is 1. The van der Waals surface area contributed by atoms with E-state index in [-0.39, 0.29) is 11.8 Å². The lowest BCUT2D eigenvalue weighted by molar-refractivity contribution is -0.133. The molecule has 0 radical (unpaired) electrons. The molecule has 0 saturated carbocycles. The van der Waals surface area contributed by atoms with Crippen LogP contribution in [0.25, 0.3) is 0 Å². The standard InChI is InChI=1S/C19H26N4O2/c1-15(2)19-21-20-17(25-19)14-22-10-12-23(13-11-22)18(24)9-8-16-6-4-3-5-7-16/h3-7,15H,8-14H2,1-2H3. The number of aryl methyl sites for hydroxylation is 1. The molecular formula is C19H26N4O2. The summed E-state index contributed by atoms with van der Waals surface area (Å²) >= 11 is 0. The van der Waals surface area contributed by atoms with Crippen LogP contribution in [0.3, 0.4) is 0 Å². The van der Waals surface area contributed by atoms with E-state index in [1.807, 2.05) is 36.9 Å². The van der Waals surface area contributed by atoms with Crippen LogP contribution in [-0.4, -0.2) is 52.1 Å². The van der Waals surface area contributed by atoms with Gasteiger partial charge in [0.15, 0.2) is 0 Å². The van der Waals surface area contributed by atoms with E-state index in [4.69, 9.17) is 4.42 Å². The average molecular weight is 342 g/mol. The number of aromatic nitrogens is 2. The second-order valence-corrected chi connectivity index (χ2v) is 6.83. The van der Waals surface area contributed by atoms with Crippen LogP contribution in [0.15, 0.2) is 34.7 Å². The molecule has 1 fully saturated rings. The van der Waals surface area contributed by atoms with E-state index >= 15 is 0 Å². The summed E-state index contributed by atoms with van der Waals surface area (Å²) in [6.07, 6.45) is 1.38. The van der Waals surface area contributed by atoms with Gasteiger partial charge in [-0.1, -0.05) is 44.2 Å². The van der Waals surface area contributed by atoms with Crippen LogP contribution in [0.2, 0.25) is 0 Å². The maximum absolute atomic E-state index is 12.4. The van der Waals surface area contributed by atoms with Crippen molar-refractivity contribution in [3.8, 4) is 0 Å². The Morgan fingerprint density at radius 3 is 2.48 bits per heavy atom. The number of rotatable bonds is 6. The summed E-state index contributed by atoms with van der Waals surface area (Å²) in [4.78, 5) is 16.6. The summed E-state index contributed by atoms with van der Waals surface area (Å²) in [5.74, 6) is 1.83. The van der Waals surface area contributed by atoms with Gasteiger partial charge in [-0.2, -0.15) is 0 Å². The Morgan fingerprint density at radius 1 is 1.12 bits per heavy atom. The Hall–Kier alpha value is -2.21. The second-order valence-electron chi connectivity index (χ2n) is 6.83. The highest BCUT2D eigenvalue weighted by Crippen LogP contribution is 2.14. The Kier molecular flexibility index (Phi) is 5.81. The zero-order valence-electron chi connectivity index (χ0n) is 15.0. The van der Waals surface area contributed by atoms with Gasteiger partial charge in [0.2, 0.25) is 17.7 Å². The number of carbonyl (C=O) groups excluding carboxylic acids is 1. The second kappa shape index (κ2) is 8.25. The van der Waals surface area contributed by atoms with Gasteiger partial charge in [-0.05, 0) is 12.0 Å². The monoisotopic (exact) mass is 342 g/mol. The fourth-order valence-electron chi connectivity index (χ4n) is 2.96. The van der Waals surface area contributed by atoms with Crippen LogP contribution in [0.5, 0.6) is 0 Å². The van der Waals surface area contributed by atoms with Crippen LogP contribution in [0.1, 0.15) is 43.5 Å². The molecule has 0 N–H and O–H groups in total. The Balaban J connectivity index is 1.42. The van der Waals surface area contributed by atoms with Gasteiger partial charge >= 0.3 is 0 Å². The Morgan fingerprint density at radius 2 is 1.84 bits per heavy atom. The lowest BCUT2D eigenvalue weighted by atomic mass is 10.1. The summed E-state index contributed by atoms with van der Waals surface area (Å²) in [6.45, 7) is 7.95. The fourth-order valence-corrected chi connectivity index (χ4v) is 2.96. The van der Waals surface area contributed by atoms with Crippen molar-refractivity contribution >= 4 is 5.91 Å². The summed E-state index contributed by atoms with van der Waals surface area (Å²) in [6, 6.07) is 10.2. The highest BCUT2D eigenvalue weighted by Gasteiger charge is 2.22. The molecule has 1 aromatic heterocycles. The highest BCUT2D eigenvalue weighted by atomic mass is 16.4. The molecular weight excluding hydrogens is 316 g/mol. The highest BCUT2D eigenvalue weighted by molar-refractivity contribution is 5.76. The van der Waals surface area contributed by atoms with E-state index in [1.54, 1.807) is 0 Å². The van der Waals surface area contributed by atoms with Gasteiger partial charge < -0.3 is 9.32 Å². The van der Waals surface area contributed by atoms with E-state index in [0.29, 0.717) is 24.7 Å². The summed E-state index contributed by atoms with van der Waals surface area (Å²) in [5, 5.41) is 8.18. The normalized spacial score (nSPS) is 15.7. The third-order valence-corrected chi connectivity index (χ3v) is 4.53. The maximum Gasteiger partial charge on any atom is 0.230 e. The predicted molar refractivity (Wildman–Crippen MR) is 95.0 cm³/mol. The SMILES string of the molecule is CC(C)c1nnc(CN2CCN(C(=O)CCc3ccccc3)CC2)o1. The van der Waals surface area contributed by atoms with Gasteiger partial charge in [0.05, 0.1) is 6.54 Å². The van der Waals surface area contributed by atoms with Gasteiger partial charge in [0, 0.05) is 38.5 Å². The first-order chi connectivity index (χ1) is 12.1. The number of carbonyl (C=O) groups is 1. The first-order valence-electron chi connectivity index (χ1n) is 8.98. The van der Waals surface area contributed by atoms with Crippen LogP contribution in [0, 0.1) is 0 Å². The summed E-state index contributed by atoms with van der Waals surface area (Å²) in [7, 11) is 0. The van der Waals surface area contributed by atoms with E-state index < -0.39 is 0 Å². The fraction of sp³-hybridized carbons (Fsp3) is 0.526. The largest absolute Gasteiger partial charge is 0.424 e. The topological polar surface area (TPSA) is 62.5 Å². The average Bonchev–Trinajstić information content (AvgIpc) is 3.10. The molecule has 0 bridgehead atoms. The molecule has 134 valence electrons. The molecule has 1 aliphatic rings. The van der Waals surface area contributed by atoms with Crippen molar-refractivity contribution in [1.82, 2.24) is 20.0 Å². The zero-order valence-corrected chi connectivity index (χ0v) is 15.0. The molecule has 0 spiro atoms. The van der Waals surface area contributed by atoms with Crippen molar-refractivity contribution in [1.29, 1.82) is 0 Å². The predicted octanol–water partition coefficient (Wildman–Crippen LogP) is 2.47. The number of hydrogen-bond donors (Lipinski definition) is 0. The van der Waals surface area contributed by atoms with E-state index in [9.17, 15) is 4.79 Å². The minimum Gasteiger partial charge on any atom is -0.424 e. The molecule has 6 heteroatoms. The first-order valence-corrected chi connectivity index (χ1v) is 8.98. The van der Waals surface area contributed by atoms with Crippen molar-refractivity contribution in [2.24, 2.45) is 0 Å². The van der Waals surface area contributed by atoms with E-state index in [1.165, 1.54) is 5.56 Å². The Bertz CT molecular complexity index is 676. The van der Waals surface area contributed by atoms with E-state index in [2.05, 4.69) is 27.2 Å². The molecule has 2 aromatic rings. The lowest BCUT2D eigenvalue weighted by Gasteiger charge is -2.34. The van der Waals surface area contributed by atoms with E-state index in [0.717, 1.165) is 32.6 Å². The molecule has 6 nitrogen and oxygen atoms in total. The van der Waals surface area contributed by atoms with Crippen molar-refractivity contribution in [2.45, 2.75) is 39.2 Å². The minimum absolute atomic E-state index is 0.239. The molecule has 0 unspecified atom stereocenters. The third kappa shape index (κ3) is 4.89.